The quantitative estimate of drug-likeness (QED) is 0.589. The molecule has 7 heteroatoms. The van der Waals surface area contributed by atoms with Gasteiger partial charge in [-0.25, -0.2) is 4.79 Å². The van der Waals surface area contributed by atoms with Gasteiger partial charge in [-0.05, 0) is 42.9 Å². The summed E-state index contributed by atoms with van der Waals surface area (Å²) in [4.78, 5) is 27.6. The fraction of sp³-hybridized carbons (Fsp3) is 0.391. The Morgan fingerprint density at radius 3 is 2.47 bits per heavy atom. The zero-order valence-electron chi connectivity index (χ0n) is 18.1. The van der Waals surface area contributed by atoms with Crippen LogP contribution in [-0.4, -0.2) is 46.7 Å². The SMILES string of the molecule is CCN(CC)C(CNC(=O)Cn1c(=O)n(C)c2ccccc21)c1cccc(OC)c1. The first-order chi connectivity index (χ1) is 14.5. The van der Waals surface area contributed by atoms with Crippen molar-refractivity contribution in [2.75, 3.05) is 26.7 Å². The summed E-state index contributed by atoms with van der Waals surface area (Å²) in [5.41, 5.74) is 2.46. The minimum absolute atomic E-state index is 0.0106. The van der Waals surface area contributed by atoms with Gasteiger partial charge in [0.15, 0.2) is 0 Å². The Balaban J connectivity index is 1.78. The molecule has 1 heterocycles. The predicted octanol–water partition coefficient (Wildman–Crippen LogP) is 2.55. The Labute approximate surface area is 176 Å². The Morgan fingerprint density at radius 2 is 1.80 bits per heavy atom. The van der Waals surface area contributed by atoms with E-state index in [2.05, 4.69) is 24.1 Å². The summed E-state index contributed by atoms with van der Waals surface area (Å²) < 4.78 is 8.45. The third-order valence-corrected chi connectivity index (χ3v) is 5.58. The van der Waals surface area contributed by atoms with Crippen molar-refractivity contribution < 1.29 is 9.53 Å². The maximum atomic E-state index is 12.8. The second-order valence-corrected chi connectivity index (χ2v) is 7.23. The van der Waals surface area contributed by atoms with E-state index in [1.807, 2.05) is 48.5 Å². The molecule has 0 saturated heterocycles. The largest absolute Gasteiger partial charge is 0.497 e. The second-order valence-electron chi connectivity index (χ2n) is 7.23. The summed E-state index contributed by atoms with van der Waals surface area (Å²) in [6.45, 7) is 6.37. The lowest BCUT2D eigenvalue weighted by molar-refractivity contribution is -0.121. The highest BCUT2D eigenvalue weighted by Crippen LogP contribution is 2.23. The molecule has 3 rings (SSSR count). The molecule has 0 aliphatic heterocycles. The van der Waals surface area contributed by atoms with Crippen LogP contribution < -0.4 is 15.7 Å². The average Bonchev–Trinajstić information content (AvgIpc) is 3.01. The number of fused-ring (bicyclic) bond motifs is 1. The van der Waals surface area contributed by atoms with Crippen LogP contribution in [0.5, 0.6) is 5.75 Å². The van der Waals surface area contributed by atoms with Crippen LogP contribution in [0.1, 0.15) is 25.5 Å². The summed E-state index contributed by atoms with van der Waals surface area (Å²) in [6, 6.07) is 15.4. The predicted molar refractivity (Wildman–Crippen MR) is 119 cm³/mol. The molecule has 2 aromatic carbocycles. The van der Waals surface area contributed by atoms with Crippen molar-refractivity contribution >= 4 is 16.9 Å². The highest BCUT2D eigenvalue weighted by Gasteiger charge is 2.20. The first-order valence-electron chi connectivity index (χ1n) is 10.3. The molecule has 0 radical (unpaired) electrons. The Bertz CT molecular complexity index is 1070. The van der Waals surface area contributed by atoms with Crippen molar-refractivity contribution in [2.24, 2.45) is 7.05 Å². The van der Waals surface area contributed by atoms with Gasteiger partial charge in [0.1, 0.15) is 12.3 Å². The molecular formula is C23H30N4O3. The van der Waals surface area contributed by atoms with Gasteiger partial charge in [0.05, 0.1) is 24.2 Å². The van der Waals surface area contributed by atoms with Crippen LogP contribution in [0.4, 0.5) is 0 Å². The number of hydrogen-bond acceptors (Lipinski definition) is 4. The molecule has 1 atom stereocenters. The molecule has 1 unspecified atom stereocenters. The highest BCUT2D eigenvalue weighted by atomic mass is 16.5. The Morgan fingerprint density at radius 1 is 1.10 bits per heavy atom. The van der Waals surface area contributed by atoms with E-state index in [0.717, 1.165) is 35.4 Å². The summed E-state index contributed by atoms with van der Waals surface area (Å²) in [5.74, 6) is 0.604. The van der Waals surface area contributed by atoms with Crippen molar-refractivity contribution in [3.63, 3.8) is 0 Å². The minimum atomic E-state index is -0.195. The van der Waals surface area contributed by atoms with E-state index in [4.69, 9.17) is 4.74 Å². The number of ether oxygens (including phenoxy) is 1. The molecule has 0 spiro atoms. The van der Waals surface area contributed by atoms with Crippen LogP contribution in [0.15, 0.2) is 53.3 Å². The van der Waals surface area contributed by atoms with E-state index in [9.17, 15) is 9.59 Å². The number of carbonyl (C=O) groups is 1. The van der Waals surface area contributed by atoms with Gasteiger partial charge in [-0.2, -0.15) is 0 Å². The highest BCUT2D eigenvalue weighted by molar-refractivity contribution is 5.80. The van der Waals surface area contributed by atoms with Crippen molar-refractivity contribution in [1.29, 1.82) is 0 Å². The van der Waals surface area contributed by atoms with Crippen LogP contribution in [0.25, 0.3) is 11.0 Å². The van der Waals surface area contributed by atoms with Crippen LogP contribution >= 0.6 is 0 Å². The zero-order chi connectivity index (χ0) is 21.7. The number of para-hydroxylation sites is 2. The number of carbonyl (C=O) groups excluding carboxylic acids is 1. The van der Waals surface area contributed by atoms with Gasteiger partial charge in [-0.1, -0.05) is 38.1 Å². The smallest absolute Gasteiger partial charge is 0.329 e. The Kier molecular flexibility index (Phi) is 6.95. The van der Waals surface area contributed by atoms with E-state index in [0.29, 0.717) is 6.54 Å². The first-order valence-corrected chi connectivity index (χ1v) is 10.3. The van der Waals surface area contributed by atoms with Gasteiger partial charge in [0, 0.05) is 13.6 Å². The second kappa shape index (κ2) is 9.63. The topological polar surface area (TPSA) is 68.5 Å². The number of hydrogen-bond donors (Lipinski definition) is 1. The molecule has 0 aliphatic rings. The number of rotatable bonds is 9. The van der Waals surface area contributed by atoms with Gasteiger partial charge in [0.25, 0.3) is 0 Å². The fourth-order valence-corrected chi connectivity index (χ4v) is 3.90. The molecule has 7 nitrogen and oxygen atoms in total. The standard InChI is InChI=1S/C23H30N4O3/c1-5-26(6-2)21(17-10-9-11-18(14-17)30-4)15-24-22(28)16-27-20-13-8-7-12-19(20)25(3)23(27)29/h7-14,21H,5-6,15-16H2,1-4H3,(H,24,28). The third-order valence-electron chi connectivity index (χ3n) is 5.58. The van der Waals surface area contributed by atoms with Crippen LogP contribution in [0.3, 0.4) is 0 Å². The van der Waals surface area contributed by atoms with Gasteiger partial charge < -0.3 is 10.1 Å². The lowest BCUT2D eigenvalue weighted by atomic mass is 10.0. The molecule has 160 valence electrons. The molecule has 0 bridgehead atoms. The molecule has 0 fully saturated rings. The molecule has 1 N–H and O–H groups in total. The number of nitrogens with zero attached hydrogens (tertiary/aromatic N) is 3. The molecule has 1 amide bonds. The summed E-state index contributed by atoms with van der Waals surface area (Å²) >= 11 is 0. The number of imidazole rings is 1. The summed E-state index contributed by atoms with van der Waals surface area (Å²) in [6.07, 6.45) is 0. The number of methoxy groups -OCH3 is 1. The lowest BCUT2D eigenvalue weighted by Gasteiger charge is -2.30. The monoisotopic (exact) mass is 410 g/mol. The van der Waals surface area contributed by atoms with Crippen molar-refractivity contribution in [3.05, 3.63) is 64.6 Å². The normalized spacial score (nSPS) is 12.3. The van der Waals surface area contributed by atoms with E-state index in [-0.39, 0.29) is 24.2 Å². The van der Waals surface area contributed by atoms with Gasteiger partial charge in [-0.15, -0.1) is 0 Å². The molecule has 3 aromatic rings. The Hall–Kier alpha value is -3.06. The van der Waals surface area contributed by atoms with Crippen LogP contribution in [0.2, 0.25) is 0 Å². The van der Waals surface area contributed by atoms with E-state index in [1.165, 1.54) is 4.57 Å². The van der Waals surface area contributed by atoms with E-state index < -0.39 is 0 Å². The zero-order valence-corrected chi connectivity index (χ0v) is 18.1. The number of aromatic nitrogens is 2. The number of nitrogens with one attached hydrogen (secondary N) is 1. The fourth-order valence-electron chi connectivity index (χ4n) is 3.90. The molecule has 1 aromatic heterocycles. The number of likely N-dealkylation sites (N-methyl/N-ethyl adjacent to an activating group) is 1. The van der Waals surface area contributed by atoms with Crippen LogP contribution in [0, 0.1) is 0 Å². The van der Waals surface area contributed by atoms with Gasteiger partial charge in [0.2, 0.25) is 5.91 Å². The molecule has 30 heavy (non-hydrogen) atoms. The molecule has 0 aliphatic carbocycles. The van der Waals surface area contributed by atoms with Gasteiger partial charge in [-0.3, -0.25) is 18.8 Å². The first kappa shape index (κ1) is 21.6. The van der Waals surface area contributed by atoms with E-state index >= 15 is 0 Å². The summed E-state index contributed by atoms with van der Waals surface area (Å²) in [5, 5.41) is 3.03. The van der Waals surface area contributed by atoms with Crippen molar-refractivity contribution in [1.82, 2.24) is 19.4 Å². The number of amides is 1. The van der Waals surface area contributed by atoms with Crippen molar-refractivity contribution in [2.45, 2.75) is 26.4 Å². The van der Waals surface area contributed by atoms with E-state index in [1.54, 1.807) is 18.7 Å². The van der Waals surface area contributed by atoms with Gasteiger partial charge >= 0.3 is 5.69 Å². The van der Waals surface area contributed by atoms with Crippen molar-refractivity contribution in [3.8, 4) is 5.75 Å². The minimum Gasteiger partial charge on any atom is -0.497 e. The third kappa shape index (κ3) is 4.41. The number of aryl methyl sites for hydroxylation is 1. The molecular weight excluding hydrogens is 380 g/mol. The number of benzene rings is 2. The maximum absolute atomic E-state index is 12.8. The maximum Gasteiger partial charge on any atom is 0.329 e. The van der Waals surface area contributed by atoms with Crippen LogP contribution in [-0.2, 0) is 18.4 Å². The lowest BCUT2D eigenvalue weighted by Crippen LogP contribution is -2.40. The summed E-state index contributed by atoms with van der Waals surface area (Å²) in [7, 11) is 3.37. The average molecular weight is 411 g/mol. The molecule has 0 saturated carbocycles.